The Labute approximate surface area is 183 Å². The highest BCUT2D eigenvalue weighted by molar-refractivity contribution is 6.05. The molecule has 32 heavy (non-hydrogen) atoms. The van der Waals surface area contributed by atoms with Crippen LogP contribution in [-0.4, -0.2) is 52.7 Å². The topological polar surface area (TPSA) is 98.8 Å². The van der Waals surface area contributed by atoms with Crippen molar-refractivity contribution >= 4 is 29.4 Å². The molecule has 3 aliphatic heterocycles. The molecule has 3 aliphatic rings. The molecule has 2 aromatic rings. The van der Waals surface area contributed by atoms with Crippen molar-refractivity contribution in [1.82, 2.24) is 15.1 Å². The van der Waals surface area contributed by atoms with Crippen LogP contribution in [0.2, 0.25) is 0 Å². The fourth-order valence-electron chi connectivity index (χ4n) is 4.50. The molecule has 2 fully saturated rings. The number of piperidine rings is 1. The molecule has 2 aromatic carbocycles. The molecule has 0 aromatic heterocycles. The number of fused-ring (bicyclic) bond motifs is 1. The number of carbonyl (C=O) groups excluding carboxylic acids is 4. The summed E-state index contributed by atoms with van der Waals surface area (Å²) in [6.45, 7) is 1.10. The van der Waals surface area contributed by atoms with Crippen LogP contribution in [0, 0.1) is 5.82 Å². The maximum Gasteiger partial charge on any atom is 0.321 e. The van der Waals surface area contributed by atoms with Gasteiger partial charge in [0.1, 0.15) is 11.9 Å². The van der Waals surface area contributed by atoms with E-state index in [0.29, 0.717) is 41.9 Å². The molecule has 9 heteroatoms. The Morgan fingerprint density at radius 3 is 2.62 bits per heavy atom. The number of nitrogens with one attached hydrogen (secondary N) is 2. The van der Waals surface area contributed by atoms with Crippen LogP contribution in [0.15, 0.2) is 42.5 Å². The van der Waals surface area contributed by atoms with E-state index < -0.39 is 11.9 Å². The lowest BCUT2D eigenvalue weighted by molar-refractivity contribution is -0.136. The minimum Gasteiger partial charge on any atom is -0.323 e. The van der Waals surface area contributed by atoms with Gasteiger partial charge in [-0.15, -0.1) is 0 Å². The average molecular weight is 436 g/mol. The maximum absolute atomic E-state index is 13.9. The van der Waals surface area contributed by atoms with Crippen LogP contribution in [0.3, 0.4) is 0 Å². The van der Waals surface area contributed by atoms with E-state index in [-0.39, 0.29) is 42.5 Å². The number of nitrogens with zero attached hydrogens (tertiary/aromatic N) is 2. The van der Waals surface area contributed by atoms with Crippen molar-refractivity contribution in [1.29, 1.82) is 0 Å². The van der Waals surface area contributed by atoms with E-state index >= 15 is 0 Å². The van der Waals surface area contributed by atoms with Gasteiger partial charge >= 0.3 is 6.03 Å². The summed E-state index contributed by atoms with van der Waals surface area (Å²) in [5.74, 6) is -1.34. The molecule has 1 unspecified atom stereocenters. The molecule has 1 atom stereocenters. The van der Waals surface area contributed by atoms with Crippen molar-refractivity contribution < 1.29 is 23.6 Å². The van der Waals surface area contributed by atoms with Gasteiger partial charge in [-0.25, -0.2) is 9.18 Å². The minimum absolute atomic E-state index is 0.0262. The Hall–Kier alpha value is -3.75. The summed E-state index contributed by atoms with van der Waals surface area (Å²) in [5.41, 5.74) is 2.35. The zero-order valence-electron chi connectivity index (χ0n) is 17.1. The van der Waals surface area contributed by atoms with Crippen LogP contribution in [0.4, 0.5) is 14.9 Å². The molecule has 3 heterocycles. The summed E-state index contributed by atoms with van der Waals surface area (Å²) < 4.78 is 13.9. The fourth-order valence-corrected chi connectivity index (χ4v) is 4.50. The van der Waals surface area contributed by atoms with Gasteiger partial charge in [0.2, 0.25) is 11.8 Å². The van der Waals surface area contributed by atoms with Crippen LogP contribution < -0.4 is 10.6 Å². The molecular weight excluding hydrogens is 415 g/mol. The summed E-state index contributed by atoms with van der Waals surface area (Å²) in [7, 11) is 0. The molecule has 164 valence electrons. The Bertz CT molecular complexity index is 1140. The lowest BCUT2D eigenvalue weighted by Gasteiger charge is -2.39. The quantitative estimate of drug-likeness (QED) is 0.721. The zero-order chi connectivity index (χ0) is 22.4. The highest BCUT2D eigenvalue weighted by Gasteiger charge is 2.39. The first kappa shape index (κ1) is 20.2. The molecule has 2 saturated heterocycles. The minimum atomic E-state index is -0.679. The van der Waals surface area contributed by atoms with Crippen molar-refractivity contribution in [2.24, 2.45) is 0 Å². The number of likely N-dealkylation sites (tertiary alicyclic amines) is 1. The SMILES string of the molecule is O=C1CCC(N2Cc3cc(NC(=O)N4CC(c5ccccc5F)C4)ccc3C2=O)C(=O)N1. The summed E-state index contributed by atoms with van der Waals surface area (Å²) >= 11 is 0. The zero-order valence-corrected chi connectivity index (χ0v) is 17.1. The number of rotatable bonds is 3. The number of hydrogen-bond acceptors (Lipinski definition) is 4. The number of benzene rings is 2. The molecule has 0 aliphatic carbocycles. The largest absolute Gasteiger partial charge is 0.323 e. The Balaban J connectivity index is 1.22. The van der Waals surface area contributed by atoms with Gasteiger partial charge in [-0.2, -0.15) is 0 Å². The van der Waals surface area contributed by atoms with Gasteiger partial charge in [0.05, 0.1) is 0 Å². The second kappa shape index (κ2) is 7.74. The summed E-state index contributed by atoms with van der Waals surface area (Å²) in [6, 6.07) is 10.6. The molecule has 5 rings (SSSR count). The highest BCUT2D eigenvalue weighted by Crippen LogP contribution is 2.31. The number of anilines is 1. The number of urea groups is 1. The Morgan fingerprint density at radius 2 is 1.88 bits per heavy atom. The van der Waals surface area contributed by atoms with Gasteiger partial charge < -0.3 is 15.1 Å². The third-order valence-electron chi connectivity index (χ3n) is 6.29. The lowest BCUT2D eigenvalue weighted by Crippen LogP contribution is -2.52. The first-order valence-electron chi connectivity index (χ1n) is 10.5. The van der Waals surface area contributed by atoms with E-state index in [4.69, 9.17) is 0 Å². The Morgan fingerprint density at radius 1 is 1.09 bits per heavy atom. The number of halogens is 1. The van der Waals surface area contributed by atoms with Crippen LogP contribution in [-0.2, 0) is 16.1 Å². The van der Waals surface area contributed by atoms with Crippen molar-refractivity contribution in [2.75, 3.05) is 18.4 Å². The number of hydrogen-bond donors (Lipinski definition) is 2. The smallest absolute Gasteiger partial charge is 0.321 e. The third-order valence-corrected chi connectivity index (χ3v) is 6.29. The average Bonchev–Trinajstić information content (AvgIpc) is 3.04. The van der Waals surface area contributed by atoms with Crippen molar-refractivity contribution in [3.63, 3.8) is 0 Å². The molecule has 8 nitrogen and oxygen atoms in total. The van der Waals surface area contributed by atoms with Crippen molar-refractivity contribution in [3.8, 4) is 0 Å². The van der Waals surface area contributed by atoms with Gasteiger partial charge in [-0.3, -0.25) is 19.7 Å². The molecule has 0 spiro atoms. The molecule has 0 bridgehead atoms. The standard InChI is InChI=1S/C23H21FN4O4/c24-18-4-2-1-3-16(18)14-10-27(11-14)23(32)25-15-5-6-17-13(9-15)12-28(22(17)31)19-7-8-20(29)26-21(19)30/h1-6,9,14,19H,7-8,10-12H2,(H,25,32)(H,26,29,30). The van der Waals surface area contributed by atoms with Gasteiger partial charge in [0.15, 0.2) is 0 Å². The second-order valence-corrected chi connectivity index (χ2v) is 8.33. The molecule has 0 saturated carbocycles. The Kier molecular flexibility index (Phi) is 4.88. The predicted octanol–water partition coefficient (Wildman–Crippen LogP) is 2.22. The van der Waals surface area contributed by atoms with E-state index in [2.05, 4.69) is 10.6 Å². The summed E-state index contributed by atoms with van der Waals surface area (Å²) in [4.78, 5) is 51.9. The van der Waals surface area contributed by atoms with E-state index in [0.717, 1.165) is 0 Å². The number of carbonyl (C=O) groups is 4. The fraction of sp³-hybridized carbons (Fsp3) is 0.304. The molecular formula is C23H21FN4O4. The van der Waals surface area contributed by atoms with Crippen LogP contribution in [0.25, 0.3) is 0 Å². The van der Waals surface area contributed by atoms with Gasteiger partial charge in [-0.05, 0) is 41.8 Å². The van der Waals surface area contributed by atoms with Crippen LogP contribution >= 0.6 is 0 Å². The molecule has 5 amide bonds. The highest BCUT2D eigenvalue weighted by atomic mass is 19.1. The van der Waals surface area contributed by atoms with Crippen LogP contribution in [0.1, 0.15) is 40.2 Å². The lowest BCUT2D eigenvalue weighted by atomic mass is 9.91. The molecule has 0 radical (unpaired) electrons. The van der Waals surface area contributed by atoms with E-state index in [1.54, 1.807) is 41.3 Å². The normalized spacial score (nSPS) is 20.7. The first-order chi connectivity index (χ1) is 15.4. The second-order valence-electron chi connectivity index (χ2n) is 8.33. The third kappa shape index (κ3) is 3.49. The van der Waals surface area contributed by atoms with Crippen molar-refractivity contribution in [3.05, 3.63) is 65.0 Å². The summed E-state index contributed by atoms with van der Waals surface area (Å²) in [5, 5.41) is 5.10. The van der Waals surface area contributed by atoms with Gasteiger partial charge in [0, 0.05) is 43.2 Å². The summed E-state index contributed by atoms with van der Waals surface area (Å²) in [6.07, 6.45) is 0.494. The monoisotopic (exact) mass is 436 g/mol. The van der Waals surface area contributed by atoms with E-state index in [9.17, 15) is 23.6 Å². The van der Waals surface area contributed by atoms with E-state index in [1.165, 1.54) is 11.0 Å². The van der Waals surface area contributed by atoms with Gasteiger partial charge in [0.25, 0.3) is 5.91 Å². The van der Waals surface area contributed by atoms with Gasteiger partial charge in [-0.1, -0.05) is 18.2 Å². The van der Waals surface area contributed by atoms with Crippen LogP contribution in [0.5, 0.6) is 0 Å². The van der Waals surface area contributed by atoms with Crippen molar-refractivity contribution in [2.45, 2.75) is 31.3 Å². The first-order valence-corrected chi connectivity index (χ1v) is 10.5. The number of amides is 5. The predicted molar refractivity (Wildman–Crippen MR) is 112 cm³/mol. The maximum atomic E-state index is 13.9. The van der Waals surface area contributed by atoms with E-state index in [1.807, 2.05) is 0 Å². The number of imide groups is 1. The molecule has 2 N–H and O–H groups in total.